The highest BCUT2D eigenvalue weighted by Gasteiger charge is 2.21. The monoisotopic (exact) mass is 365 g/mol. The van der Waals surface area contributed by atoms with Gasteiger partial charge in [0.1, 0.15) is 11.6 Å². The van der Waals surface area contributed by atoms with Crippen LogP contribution in [-0.4, -0.2) is 29.2 Å². The average Bonchev–Trinajstić information content (AvgIpc) is 3.31. The molecule has 1 aliphatic rings. The molecule has 4 rings (SSSR count). The average molecular weight is 366 g/mol. The van der Waals surface area contributed by atoms with Gasteiger partial charge in [-0.15, -0.1) is 11.3 Å². The number of rotatable bonds is 4. The summed E-state index contributed by atoms with van der Waals surface area (Å²) in [5.74, 6) is 1.24. The van der Waals surface area contributed by atoms with Crippen molar-refractivity contribution in [2.45, 2.75) is 25.8 Å². The lowest BCUT2D eigenvalue weighted by Crippen LogP contribution is -2.26. The van der Waals surface area contributed by atoms with E-state index in [2.05, 4.69) is 36.1 Å². The number of aryl methyl sites for hydroxylation is 1. The molecule has 134 valence electrons. The largest absolute Gasteiger partial charge is 0.508 e. The second kappa shape index (κ2) is 7.09. The molecule has 5 heteroatoms. The van der Waals surface area contributed by atoms with Crippen molar-refractivity contribution in [3.8, 4) is 27.4 Å². The van der Waals surface area contributed by atoms with Crippen LogP contribution < -0.4 is 10.6 Å². The Bertz CT molecular complexity index is 904. The van der Waals surface area contributed by atoms with Crippen molar-refractivity contribution < 1.29 is 5.11 Å². The molecule has 0 amide bonds. The van der Waals surface area contributed by atoms with E-state index in [-0.39, 0.29) is 11.8 Å². The maximum atomic E-state index is 9.58. The van der Waals surface area contributed by atoms with E-state index in [1.807, 2.05) is 23.5 Å². The first-order chi connectivity index (χ1) is 12.6. The molecule has 1 fully saturated rings. The van der Waals surface area contributed by atoms with Crippen LogP contribution in [0.4, 0.5) is 5.82 Å². The minimum absolute atomic E-state index is 0.214. The molecule has 0 saturated carbocycles. The fourth-order valence-corrected chi connectivity index (χ4v) is 4.25. The number of benzene rings is 1. The van der Waals surface area contributed by atoms with Crippen LogP contribution in [0.15, 0.2) is 48.5 Å². The van der Waals surface area contributed by atoms with E-state index in [0.29, 0.717) is 0 Å². The van der Waals surface area contributed by atoms with Crippen LogP contribution in [0.1, 0.15) is 18.2 Å². The fourth-order valence-electron chi connectivity index (χ4n) is 3.32. The van der Waals surface area contributed by atoms with E-state index in [9.17, 15) is 5.11 Å². The van der Waals surface area contributed by atoms with Gasteiger partial charge in [0, 0.05) is 34.4 Å². The lowest BCUT2D eigenvalue weighted by molar-refractivity contribution is 0.475. The first-order valence-corrected chi connectivity index (χ1v) is 9.85. The Labute approximate surface area is 157 Å². The van der Waals surface area contributed by atoms with Gasteiger partial charge >= 0.3 is 0 Å². The number of anilines is 1. The lowest BCUT2D eigenvalue weighted by atomic mass is 10.1. The van der Waals surface area contributed by atoms with E-state index in [4.69, 9.17) is 10.7 Å². The number of aromatic hydroxyl groups is 1. The summed E-state index contributed by atoms with van der Waals surface area (Å²) in [7, 11) is 0. The number of aromatic nitrogens is 1. The van der Waals surface area contributed by atoms with E-state index in [1.54, 1.807) is 12.1 Å². The standard InChI is InChI=1S/C21H23N3OS/c1-2-18-7-8-20(26-18)15-11-19(14-3-5-17(25)6-4-14)23-21(12-15)24-10-9-16(22)13-24/h3-8,11-12,16,25H,2,9-10,13,22H2,1H3. The number of thiophene rings is 1. The first-order valence-electron chi connectivity index (χ1n) is 9.03. The summed E-state index contributed by atoms with van der Waals surface area (Å²) in [4.78, 5) is 9.81. The van der Waals surface area contributed by atoms with Crippen molar-refractivity contribution in [2.24, 2.45) is 5.73 Å². The summed E-state index contributed by atoms with van der Waals surface area (Å²) in [6.07, 6.45) is 2.05. The third kappa shape index (κ3) is 3.45. The number of nitrogens with two attached hydrogens (primary N) is 1. The van der Waals surface area contributed by atoms with Gasteiger partial charge in [-0.25, -0.2) is 4.98 Å². The van der Waals surface area contributed by atoms with Gasteiger partial charge < -0.3 is 15.7 Å². The Kier molecular flexibility index (Phi) is 4.66. The summed E-state index contributed by atoms with van der Waals surface area (Å²) in [6.45, 7) is 3.97. The van der Waals surface area contributed by atoms with Crippen molar-refractivity contribution in [3.05, 3.63) is 53.4 Å². The molecular formula is C21H23N3OS. The molecule has 0 spiro atoms. The van der Waals surface area contributed by atoms with E-state index >= 15 is 0 Å². The highest BCUT2D eigenvalue weighted by atomic mass is 32.1. The van der Waals surface area contributed by atoms with Crippen molar-refractivity contribution in [1.82, 2.24) is 4.98 Å². The zero-order valence-corrected chi connectivity index (χ0v) is 15.7. The summed E-state index contributed by atoms with van der Waals surface area (Å²) >= 11 is 1.83. The second-order valence-corrected chi connectivity index (χ2v) is 7.93. The van der Waals surface area contributed by atoms with Gasteiger partial charge in [-0.1, -0.05) is 6.92 Å². The predicted octanol–water partition coefficient (Wildman–Crippen LogP) is 4.28. The lowest BCUT2D eigenvalue weighted by Gasteiger charge is -2.19. The molecule has 1 unspecified atom stereocenters. The Morgan fingerprint density at radius 3 is 2.62 bits per heavy atom. The molecule has 1 saturated heterocycles. The highest BCUT2D eigenvalue weighted by molar-refractivity contribution is 7.15. The number of nitrogens with zero attached hydrogens (tertiary/aromatic N) is 2. The minimum atomic E-state index is 0.214. The summed E-state index contributed by atoms with van der Waals surface area (Å²) < 4.78 is 0. The molecule has 0 radical (unpaired) electrons. The maximum absolute atomic E-state index is 9.58. The van der Waals surface area contributed by atoms with Crippen LogP contribution in [0, 0.1) is 0 Å². The molecule has 1 aliphatic heterocycles. The zero-order chi connectivity index (χ0) is 18.1. The molecular weight excluding hydrogens is 342 g/mol. The summed E-state index contributed by atoms with van der Waals surface area (Å²) in [6, 6.07) is 16.1. The fraction of sp³-hybridized carbons (Fsp3) is 0.286. The summed E-state index contributed by atoms with van der Waals surface area (Å²) in [5.41, 5.74) is 9.21. The highest BCUT2D eigenvalue weighted by Crippen LogP contribution is 2.34. The van der Waals surface area contributed by atoms with Crippen molar-refractivity contribution in [3.63, 3.8) is 0 Å². The maximum Gasteiger partial charge on any atom is 0.129 e. The van der Waals surface area contributed by atoms with Gasteiger partial charge in [-0.05, 0) is 66.9 Å². The molecule has 3 heterocycles. The predicted molar refractivity (Wildman–Crippen MR) is 109 cm³/mol. The Hall–Kier alpha value is -2.37. The SMILES string of the molecule is CCc1ccc(-c2cc(-c3ccc(O)cc3)nc(N3CCC(N)C3)c2)s1. The van der Waals surface area contributed by atoms with E-state index in [1.165, 1.54) is 15.3 Å². The normalized spacial score (nSPS) is 17.0. The smallest absolute Gasteiger partial charge is 0.129 e. The number of hydrogen-bond acceptors (Lipinski definition) is 5. The number of hydrogen-bond donors (Lipinski definition) is 2. The quantitative estimate of drug-likeness (QED) is 0.724. The number of phenols is 1. The molecule has 26 heavy (non-hydrogen) atoms. The van der Waals surface area contributed by atoms with Gasteiger partial charge in [-0.3, -0.25) is 0 Å². The minimum Gasteiger partial charge on any atom is -0.508 e. The molecule has 1 atom stereocenters. The molecule has 2 aromatic heterocycles. The van der Waals surface area contributed by atoms with Gasteiger partial charge in [0.2, 0.25) is 0 Å². The third-order valence-electron chi connectivity index (χ3n) is 4.82. The molecule has 0 bridgehead atoms. The van der Waals surface area contributed by atoms with Gasteiger partial charge in [0.15, 0.2) is 0 Å². The molecule has 1 aromatic carbocycles. The third-order valence-corrected chi connectivity index (χ3v) is 6.10. The number of phenolic OH excluding ortho intramolecular Hbond substituents is 1. The van der Waals surface area contributed by atoms with Gasteiger partial charge in [0.25, 0.3) is 0 Å². The Morgan fingerprint density at radius 2 is 1.96 bits per heavy atom. The number of pyridine rings is 1. The van der Waals surface area contributed by atoms with Crippen LogP contribution in [0.25, 0.3) is 21.7 Å². The second-order valence-electron chi connectivity index (χ2n) is 6.76. The Morgan fingerprint density at radius 1 is 1.15 bits per heavy atom. The van der Waals surface area contributed by atoms with E-state index in [0.717, 1.165) is 43.0 Å². The Balaban J connectivity index is 1.79. The molecule has 0 aliphatic carbocycles. The molecule has 4 nitrogen and oxygen atoms in total. The van der Waals surface area contributed by atoms with E-state index < -0.39 is 0 Å². The first kappa shape index (κ1) is 17.1. The van der Waals surface area contributed by atoms with Crippen molar-refractivity contribution >= 4 is 17.2 Å². The van der Waals surface area contributed by atoms with Crippen LogP contribution in [0.3, 0.4) is 0 Å². The topological polar surface area (TPSA) is 62.4 Å². The zero-order valence-electron chi connectivity index (χ0n) is 14.9. The van der Waals surface area contributed by atoms with Crippen LogP contribution in [-0.2, 0) is 6.42 Å². The van der Waals surface area contributed by atoms with Crippen LogP contribution in [0.2, 0.25) is 0 Å². The van der Waals surface area contributed by atoms with Crippen LogP contribution >= 0.6 is 11.3 Å². The van der Waals surface area contributed by atoms with Crippen LogP contribution in [0.5, 0.6) is 5.75 Å². The van der Waals surface area contributed by atoms with Gasteiger partial charge in [0.05, 0.1) is 5.69 Å². The van der Waals surface area contributed by atoms with Crippen molar-refractivity contribution in [2.75, 3.05) is 18.0 Å². The molecule has 3 N–H and O–H groups in total. The van der Waals surface area contributed by atoms with Gasteiger partial charge in [-0.2, -0.15) is 0 Å². The van der Waals surface area contributed by atoms with Crippen molar-refractivity contribution in [1.29, 1.82) is 0 Å². The molecule has 3 aromatic rings. The summed E-state index contributed by atoms with van der Waals surface area (Å²) in [5, 5.41) is 9.58.